The summed E-state index contributed by atoms with van der Waals surface area (Å²) >= 11 is -3.96. The Balaban J connectivity index is 2.31. The zero-order valence-corrected chi connectivity index (χ0v) is 11.4. The van der Waals surface area contributed by atoms with Crippen LogP contribution in [0.4, 0.5) is 17.6 Å². The van der Waals surface area contributed by atoms with Crippen LogP contribution >= 0.6 is 0 Å². The predicted molar refractivity (Wildman–Crippen MR) is 63.5 cm³/mol. The number of alkyl halides is 4. The Kier molecular flexibility index (Phi) is 5.90. The molecule has 0 radical (unpaired) electrons. The summed E-state index contributed by atoms with van der Waals surface area (Å²) < 4.78 is 79.3. The third-order valence-electron chi connectivity index (χ3n) is 2.49. The maximum absolute atomic E-state index is 13.0. The molecule has 1 aromatic heterocycles. The van der Waals surface area contributed by atoms with Gasteiger partial charge in [-0.15, -0.1) is 0 Å². The molecule has 0 aliphatic heterocycles. The van der Waals surface area contributed by atoms with Crippen LogP contribution in [0.3, 0.4) is 0 Å². The lowest BCUT2D eigenvalue weighted by Crippen LogP contribution is -2.43. The summed E-state index contributed by atoms with van der Waals surface area (Å²) in [4.78, 5) is 11.3. The van der Waals surface area contributed by atoms with E-state index in [1.54, 1.807) is 0 Å². The Bertz CT molecular complexity index is 489. The van der Waals surface area contributed by atoms with Crippen molar-refractivity contribution in [3.8, 4) is 0 Å². The molecule has 0 saturated heterocycles. The van der Waals surface area contributed by atoms with Crippen molar-refractivity contribution < 1.29 is 40.3 Å². The van der Waals surface area contributed by atoms with Crippen molar-refractivity contribution in [2.45, 2.75) is 30.4 Å². The average Bonchev–Trinajstić information content (AvgIpc) is 2.91. The number of ether oxygens (including phenoxy) is 1. The van der Waals surface area contributed by atoms with E-state index in [2.05, 4.69) is 4.74 Å². The third-order valence-corrected chi connectivity index (χ3v) is 3.22. The zero-order chi connectivity index (χ0) is 16.1. The average molecular weight is 332 g/mol. The number of carbonyl (C=O) groups excluding carboxylic acids is 1. The van der Waals surface area contributed by atoms with Crippen LogP contribution in [0.5, 0.6) is 0 Å². The van der Waals surface area contributed by atoms with Crippen molar-refractivity contribution in [2.75, 3.05) is 6.61 Å². The Morgan fingerprint density at radius 1 is 1.33 bits per heavy atom. The molecule has 10 heteroatoms. The second kappa shape index (κ2) is 7.03. The number of hydrogen-bond donors (Lipinski definition) is 1. The van der Waals surface area contributed by atoms with E-state index in [1.165, 1.54) is 18.4 Å². The van der Waals surface area contributed by atoms with Crippen LogP contribution in [0.25, 0.3) is 0 Å². The van der Waals surface area contributed by atoms with Crippen LogP contribution in [0.1, 0.15) is 29.8 Å². The van der Waals surface area contributed by atoms with Gasteiger partial charge in [0.1, 0.15) is 0 Å². The normalized spacial score (nSPS) is 14.0. The molecule has 0 spiro atoms. The van der Waals surface area contributed by atoms with Gasteiger partial charge in [0, 0.05) is 6.42 Å². The highest BCUT2D eigenvalue weighted by atomic mass is 32.2. The molecule has 1 heterocycles. The lowest BCUT2D eigenvalue weighted by atomic mass is 10.1. The van der Waals surface area contributed by atoms with E-state index in [-0.39, 0.29) is 18.8 Å². The Labute approximate surface area is 119 Å². The Hall–Kier alpha value is -1.42. The van der Waals surface area contributed by atoms with Crippen molar-refractivity contribution in [3.63, 3.8) is 0 Å². The molecular formula is C11H12F4O5S. The number of hydrogen-bond acceptors (Lipinski definition) is 4. The monoisotopic (exact) mass is 332 g/mol. The highest BCUT2D eigenvalue weighted by Crippen LogP contribution is 2.40. The number of furan rings is 1. The topological polar surface area (TPSA) is 76.7 Å². The second-order valence-corrected chi connectivity index (χ2v) is 5.05. The highest BCUT2D eigenvalue weighted by molar-refractivity contribution is 7.80. The molecule has 0 aromatic carbocycles. The summed E-state index contributed by atoms with van der Waals surface area (Å²) in [7, 11) is 0. The van der Waals surface area contributed by atoms with Gasteiger partial charge in [0.2, 0.25) is 16.8 Å². The van der Waals surface area contributed by atoms with Gasteiger partial charge in [-0.05, 0) is 25.0 Å². The van der Waals surface area contributed by atoms with Gasteiger partial charge < -0.3 is 13.7 Å². The lowest BCUT2D eigenvalue weighted by Gasteiger charge is -2.23. The molecule has 1 N–H and O–H groups in total. The summed E-state index contributed by atoms with van der Waals surface area (Å²) in [5, 5.41) is -5.02. The van der Waals surface area contributed by atoms with Crippen LogP contribution in [0.15, 0.2) is 22.8 Å². The van der Waals surface area contributed by atoms with E-state index in [1.807, 2.05) is 0 Å². The lowest BCUT2D eigenvalue weighted by molar-refractivity contribution is -0.162. The first-order chi connectivity index (χ1) is 9.68. The zero-order valence-electron chi connectivity index (χ0n) is 10.6. The molecule has 120 valence electrons. The molecule has 21 heavy (non-hydrogen) atoms. The highest BCUT2D eigenvalue weighted by Gasteiger charge is 2.60. The molecular weight excluding hydrogens is 320 g/mol. The molecule has 1 aromatic rings. The summed E-state index contributed by atoms with van der Waals surface area (Å²) in [5.41, 5.74) is 0. The number of halogens is 4. The number of esters is 1. The summed E-state index contributed by atoms with van der Waals surface area (Å²) in [6, 6.07) is 2.79. The predicted octanol–water partition coefficient (Wildman–Crippen LogP) is 3.06. The van der Waals surface area contributed by atoms with Gasteiger partial charge in [-0.1, -0.05) is 0 Å². The fourth-order valence-electron chi connectivity index (χ4n) is 1.35. The van der Waals surface area contributed by atoms with E-state index >= 15 is 0 Å². The minimum absolute atomic E-state index is 0.0671. The Morgan fingerprint density at radius 2 is 2.00 bits per heavy atom. The smallest absolute Gasteiger partial charge is 0.406 e. The SMILES string of the molecule is O=C(OCCCCC(F)(F)C(F)(F)S(=O)O)c1ccco1. The van der Waals surface area contributed by atoms with Gasteiger partial charge in [-0.2, -0.15) is 17.6 Å². The van der Waals surface area contributed by atoms with E-state index in [9.17, 15) is 26.6 Å². The fraction of sp³-hybridized carbons (Fsp3) is 0.545. The number of unbranched alkanes of at least 4 members (excludes halogenated alkanes) is 1. The molecule has 0 saturated carbocycles. The van der Waals surface area contributed by atoms with Crippen molar-refractivity contribution in [1.82, 2.24) is 0 Å². The van der Waals surface area contributed by atoms with Gasteiger partial charge >= 0.3 is 17.1 Å². The Morgan fingerprint density at radius 3 is 2.52 bits per heavy atom. The molecule has 0 amide bonds. The molecule has 0 fully saturated rings. The summed E-state index contributed by atoms with van der Waals surface area (Å²) in [5.74, 6) is -5.48. The van der Waals surface area contributed by atoms with E-state index < -0.39 is 41.1 Å². The molecule has 1 unspecified atom stereocenters. The second-order valence-electron chi connectivity index (χ2n) is 4.04. The molecule has 0 aliphatic carbocycles. The maximum Gasteiger partial charge on any atom is 0.406 e. The molecule has 5 nitrogen and oxygen atoms in total. The standard InChI is InChI=1S/C11H12F4O5S/c12-10(13,11(14,15)21(17)18)5-1-2-6-20-9(16)8-4-3-7-19-8/h3-4,7H,1-2,5-6H2,(H,17,18). The minimum atomic E-state index is -5.02. The maximum atomic E-state index is 13.0. The largest absolute Gasteiger partial charge is 0.460 e. The van der Waals surface area contributed by atoms with Crippen LogP contribution in [-0.2, 0) is 15.8 Å². The van der Waals surface area contributed by atoms with E-state index in [0.29, 0.717) is 0 Å². The van der Waals surface area contributed by atoms with Crippen LogP contribution in [-0.4, -0.2) is 32.5 Å². The summed E-state index contributed by atoms with van der Waals surface area (Å²) in [6.45, 7) is -0.261. The number of carbonyl (C=O) groups is 1. The van der Waals surface area contributed by atoms with Crippen molar-refractivity contribution >= 4 is 17.0 Å². The van der Waals surface area contributed by atoms with E-state index in [0.717, 1.165) is 0 Å². The van der Waals surface area contributed by atoms with E-state index in [4.69, 9.17) is 8.97 Å². The van der Waals surface area contributed by atoms with Gasteiger partial charge in [0.25, 0.3) is 0 Å². The van der Waals surface area contributed by atoms with Gasteiger partial charge in [0.05, 0.1) is 12.9 Å². The fourth-order valence-corrected chi connectivity index (χ4v) is 1.71. The number of rotatable bonds is 8. The van der Waals surface area contributed by atoms with Gasteiger partial charge in [0.15, 0.2) is 0 Å². The van der Waals surface area contributed by atoms with Crippen LogP contribution in [0.2, 0.25) is 0 Å². The molecule has 0 aliphatic rings. The minimum Gasteiger partial charge on any atom is -0.460 e. The van der Waals surface area contributed by atoms with Crippen molar-refractivity contribution in [1.29, 1.82) is 0 Å². The van der Waals surface area contributed by atoms with Gasteiger partial charge in [-0.3, -0.25) is 0 Å². The third kappa shape index (κ3) is 4.53. The summed E-state index contributed by atoms with van der Waals surface area (Å²) in [6.07, 6.45) is -0.569. The van der Waals surface area contributed by atoms with Crippen molar-refractivity contribution in [3.05, 3.63) is 24.2 Å². The van der Waals surface area contributed by atoms with Gasteiger partial charge in [-0.25, -0.2) is 9.00 Å². The van der Waals surface area contributed by atoms with Crippen molar-refractivity contribution in [2.24, 2.45) is 0 Å². The molecule has 1 rings (SSSR count). The molecule has 0 bridgehead atoms. The quantitative estimate of drug-likeness (QED) is 0.343. The first-order valence-corrected chi connectivity index (χ1v) is 6.86. The first kappa shape index (κ1) is 17.6. The van der Waals surface area contributed by atoms with Crippen LogP contribution in [0, 0.1) is 0 Å². The molecule has 1 atom stereocenters. The van der Waals surface area contributed by atoms with Crippen LogP contribution < -0.4 is 0 Å². The first-order valence-electron chi connectivity index (χ1n) is 5.75.